The van der Waals surface area contributed by atoms with E-state index in [4.69, 9.17) is 23.2 Å². The molecule has 3 rings (SSSR count). The highest BCUT2D eigenvalue weighted by atomic mass is 35.5. The summed E-state index contributed by atoms with van der Waals surface area (Å²) >= 11 is 11.7. The Morgan fingerprint density at radius 1 is 0.880 bits per heavy atom. The number of nitrogens with zero attached hydrogens (tertiary/aromatic N) is 1. The molecule has 1 N–H and O–H groups in total. The van der Waals surface area contributed by atoms with Crippen LogP contribution in [0.4, 0.5) is 5.69 Å². The van der Waals surface area contributed by atoms with Gasteiger partial charge in [0.1, 0.15) is 0 Å². The van der Waals surface area contributed by atoms with Gasteiger partial charge in [-0.2, -0.15) is 0 Å². The van der Waals surface area contributed by atoms with Crippen LogP contribution in [0, 0.1) is 5.92 Å². The van der Waals surface area contributed by atoms with Gasteiger partial charge in [-0.1, -0.05) is 23.2 Å². The van der Waals surface area contributed by atoms with Gasteiger partial charge in [-0.3, -0.25) is 9.59 Å². The molecule has 2 aromatic rings. The van der Waals surface area contributed by atoms with Gasteiger partial charge in [0.25, 0.3) is 5.91 Å². The topological polar surface area (TPSA) is 49.4 Å². The van der Waals surface area contributed by atoms with Crippen molar-refractivity contribution in [2.24, 2.45) is 5.92 Å². The first-order valence-corrected chi connectivity index (χ1v) is 8.90. The van der Waals surface area contributed by atoms with Crippen LogP contribution in [0.2, 0.25) is 10.0 Å². The summed E-state index contributed by atoms with van der Waals surface area (Å²) in [7, 11) is 0. The van der Waals surface area contributed by atoms with E-state index in [0.717, 1.165) is 5.69 Å². The van der Waals surface area contributed by atoms with Crippen molar-refractivity contribution in [3.8, 4) is 0 Å². The summed E-state index contributed by atoms with van der Waals surface area (Å²) in [4.78, 5) is 26.6. The molecule has 25 heavy (non-hydrogen) atoms. The second-order valence-electron chi connectivity index (χ2n) is 6.07. The zero-order valence-electron chi connectivity index (χ0n) is 13.5. The maximum absolute atomic E-state index is 12.5. The first-order chi connectivity index (χ1) is 12.0. The van der Waals surface area contributed by atoms with Crippen molar-refractivity contribution >= 4 is 40.7 Å². The third-order valence-corrected chi connectivity index (χ3v) is 4.86. The predicted octanol–water partition coefficient (Wildman–Crippen LogP) is 4.48. The fourth-order valence-corrected chi connectivity index (χ4v) is 3.15. The van der Waals surface area contributed by atoms with E-state index in [-0.39, 0.29) is 17.7 Å². The summed E-state index contributed by atoms with van der Waals surface area (Å²) in [5, 5.41) is 4.14. The van der Waals surface area contributed by atoms with Gasteiger partial charge in [0.15, 0.2) is 0 Å². The molecule has 6 heteroatoms. The third kappa shape index (κ3) is 4.53. The van der Waals surface area contributed by atoms with Gasteiger partial charge in [0.05, 0.1) is 0 Å². The summed E-state index contributed by atoms with van der Waals surface area (Å²) < 4.78 is 0. The van der Waals surface area contributed by atoms with E-state index in [1.165, 1.54) is 0 Å². The monoisotopic (exact) mass is 376 g/mol. The van der Waals surface area contributed by atoms with Gasteiger partial charge in [-0.25, -0.2) is 0 Å². The Bertz CT molecular complexity index is 752. The van der Waals surface area contributed by atoms with Crippen LogP contribution in [0.15, 0.2) is 48.5 Å². The molecule has 0 atom stereocenters. The van der Waals surface area contributed by atoms with Crippen LogP contribution < -0.4 is 5.32 Å². The summed E-state index contributed by atoms with van der Waals surface area (Å²) in [6.07, 6.45) is 1.30. The van der Waals surface area contributed by atoms with Gasteiger partial charge >= 0.3 is 0 Å². The van der Waals surface area contributed by atoms with Crippen LogP contribution in [0.5, 0.6) is 0 Å². The second kappa shape index (κ2) is 7.89. The van der Waals surface area contributed by atoms with Crippen molar-refractivity contribution in [1.82, 2.24) is 4.90 Å². The molecule has 2 amide bonds. The van der Waals surface area contributed by atoms with Crippen molar-refractivity contribution < 1.29 is 9.59 Å². The van der Waals surface area contributed by atoms with Gasteiger partial charge in [0, 0.05) is 40.3 Å². The summed E-state index contributed by atoms with van der Waals surface area (Å²) in [5.41, 5.74) is 1.35. The highest BCUT2D eigenvalue weighted by molar-refractivity contribution is 6.31. The molecule has 1 aliphatic heterocycles. The first-order valence-electron chi connectivity index (χ1n) is 8.14. The number of anilines is 1. The molecule has 4 nitrogen and oxygen atoms in total. The minimum Gasteiger partial charge on any atom is -0.339 e. The van der Waals surface area contributed by atoms with E-state index < -0.39 is 0 Å². The van der Waals surface area contributed by atoms with E-state index in [1.54, 1.807) is 53.4 Å². The number of piperidine rings is 1. The molecule has 0 aliphatic carbocycles. The maximum Gasteiger partial charge on any atom is 0.253 e. The van der Waals surface area contributed by atoms with Crippen LogP contribution in [0.25, 0.3) is 0 Å². The second-order valence-corrected chi connectivity index (χ2v) is 6.94. The fourth-order valence-electron chi connectivity index (χ4n) is 2.90. The third-order valence-electron chi connectivity index (χ3n) is 4.36. The number of nitrogens with one attached hydrogen (secondary N) is 1. The minimum absolute atomic E-state index is 0.0130. The van der Waals surface area contributed by atoms with Crippen molar-refractivity contribution in [2.75, 3.05) is 18.4 Å². The van der Waals surface area contributed by atoms with Crippen LogP contribution >= 0.6 is 23.2 Å². The predicted molar refractivity (Wildman–Crippen MR) is 100 cm³/mol. The van der Waals surface area contributed by atoms with Crippen molar-refractivity contribution in [3.63, 3.8) is 0 Å². The Balaban J connectivity index is 1.54. The Morgan fingerprint density at radius 2 is 1.40 bits per heavy atom. The number of amides is 2. The molecule has 1 heterocycles. The van der Waals surface area contributed by atoms with Crippen LogP contribution in [0.1, 0.15) is 23.2 Å². The highest BCUT2D eigenvalue weighted by Gasteiger charge is 2.27. The Hall–Kier alpha value is -2.04. The Kier molecular flexibility index (Phi) is 5.61. The largest absolute Gasteiger partial charge is 0.339 e. The number of halogens is 2. The molecule has 0 bridgehead atoms. The molecule has 1 aliphatic rings. The van der Waals surface area contributed by atoms with Gasteiger partial charge in [-0.05, 0) is 61.4 Å². The summed E-state index contributed by atoms with van der Waals surface area (Å²) in [5.74, 6) is -0.126. The number of carbonyl (C=O) groups excluding carboxylic acids is 2. The van der Waals surface area contributed by atoms with Crippen LogP contribution in [0.3, 0.4) is 0 Å². The molecule has 0 aromatic heterocycles. The zero-order valence-corrected chi connectivity index (χ0v) is 15.1. The molecular weight excluding hydrogens is 359 g/mol. The molecular formula is C19H18Cl2N2O2. The smallest absolute Gasteiger partial charge is 0.253 e. The Labute approximate surface area is 156 Å². The lowest BCUT2D eigenvalue weighted by Gasteiger charge is -2.31. The SMILES string of the molecule is O=C(Nc1ccc(Cl)cc1)C1CCN(C(=O)c2ccc(Cl)cc2)CC1. The standard InChI is InChI=1S/C19H18Cl2N2O2/c20-15-3-1-14(2-4-15)19(25)23-11-9-13(10-12-23)18(24)22-17-7-5-16(21)6-8-17/h1-8,13H,9-12H2,(H,22,24). The van der Waals surface area contributed by atoms with Crippen molar-refractivity contribution in [2.45, 2.75) is 12.8 Å². The number of hydrogen-bond donors (Lipinski definition) is 1. The average molecular weight is 377 g/mol. The van der Waals surface area contributed by atoms with E-state index in [9.17, 15) is 9.59 Å². The highest BCUT2D eigenvalue weighted by Crippen LogP contribution is 2.22. The van der Waals surface area contributed by atoms with Crippen LogP contribution in [-0.2, 0) is 4.79 Å². The number of benzene rings is 2. The number of rotatable bonds is 3. The molecule has 0 unspecified atom stereocenters. The normalized spacial score (nSPS) is 15.0. The number of hydrogen-bond acceptors (Lipinski definition) is 2. The molecule has 1 fully saturated rings. The van der Waals surface area contributed by atoms with E-state index in [1.807, 2.05) is 0 Å². The summed E-state index contributed by atoms with van der Waals surface area (Å²) in [6, 6.07) is 13.9. The number of carbonyl (C=O) groups is 2. The maximum atomic E-state index is 12.5. The molecule has 0 saturated carbocycles. The van der Waals surface area contributed by atoms with Crippen molar-refractivity contribution in [3.05, 3.63) is 64.1 Å². The lowest BCUT2D eigenvalue weighted by molar-refractivity contribution is -0.121. The molecule has 0 spiro atoms. The lowest BCUT2D eigenvalue weighted by Crippen LogP contribution is -2.41. The molecule has 1 saturated heterocycles. The van der Waals surface area contributed by atoms with E-state index >= 15 is 0 Å². The molecule has 2 aromatic carbocycles. The van der Waals surface area contributed by atoms with Gasteiger partial charge in [0.2, 0.25) is 5.91 Å². The first kappa shape index (κ1) is 17.8. The van der Waals surface area contributed by atoms with Crippen molar-refractivity contribution in [1.29, 1.82) is 0 Å². The van der Waals surface area contributed by atoms with E-state index in [2.05, 4.69) is 5.32 Å². The fraction of sp³-hybridized carbons (Fsp3) is 0.263. The van der Waals surface area contributed by atoms with E-state index in [0.29, 0.717) is 41.5 Å². The molecule has 0 radical (unpaired) electrons. The quantitative estimate of drug-likeness (QED) is 0.857. The zero-order chi connectivity index (χ0) is 17.8. The van der Waals surface area contributed by atoms with Gasteiger partial charge in [-0.15, -0.1) is 0 Å². The van der Waals surface area contributed by atoms with Gasteiger partial charge < -0.3 is 10.2 Å². The summed E-state index contributed by atoms with van der Waals surface area (Å²) in [6.45, 7) is 1.14. The Morgan fingerprint density at radius 3 is 1.96 bits per heavy atom. The number of likely N-dealkylation sites (tertiary alicyclic amines) is 1. The molecule has 130 valence electrons. The lowest BCUT2D eigenvalue weighted by atomic mass is 9.95. The average Bonchev–Trinajstić information content (AvgIpc) is 2.64. The minimum atomic E-state index is -0.0926. The van der Waals surface area contributed by atoms with Crippen LogP contribution in [-0.4, -0.2) is 29.8 Å².